The van der Waals surface area contributed by atoms with Gasteiger partial charge in [0.25, 0.3) is 0 Å². The van der Waals surface area contributed by atoms with Gasteiger partial charge < -0.3 is 16.0 Å². The van der Waals surface area contributed by atoms with Crippen molar-refractivity contribution in [3.8, 4) is 0 Å². The highest BCUT2D eigenvalue weighted by Crippen LogP contribution is 2.19. The van der Waals surface area contributed by atoms with Crippen molar-refractivity contribution in [3.63, 3.8) is 0 Å². The molecule has 0 atom stereocenters. The van der Waals surface area contributed by atoms with E-state index in [0.717, 1.165) is 48.6 Å². The summed E-state index contributed by atoms with van der Waals surface area (Å²) in [5, 5.41) is 10.9. The summed E-state index contributed by atoms with van der Waals surface area (Å²) in [6, 6.07) is 8.13. The fourth-order valence-corrected chi connectivity index (χ4v) is 2.05. The van der Waals surface area contributed by atoms with Gasteiger partial charge in [0.2, 0.25) is 0 Å². The van der Waals surface area contributed by atoms with Crippen LogP contribution in [0, 0.1) is 0 Å². The van der Waals surface area contributed by atoms with Crippen LogP contribution < -0.4 is 16.0 Å². The van der Waals surface area contributed by atoms with Crippen LogP contribution in [0.2, 0.25) is 0 Å². The SMILES string of the molecule is C/C=C\C.CC.CCNCc1nc(NCCCNC)c2ccccc2n1. The van der Waals surface area contributed by atoms with Crippen LogP contribution in [-0.2, 0) is 6.54 Å². The first-order valence-electron chi connectivity index (χ1n) is 9.68. The average molecular weight is 360 g/mol. The maximum absolute atomic E-state index is 4.63. The van der Waals surface area contributed by atoms with Gasteiger partial charge in [0.15, 0.2) is 0 Å². The molecule has 0 fully saturated rings. The van der Waals surface area contributed by atoms with Crippen LogP contribution in [0.5, 0.6) is 0 Å². The number of hydrogen-bond acceptors (Lipinski definition) is 5. The molecule has 0 aliphatic rings. The summed E-state index contributed by atoms with van der Waals surface area (Å²) in [7, 11) is 1.97. The third-order valence-electron chi connectivity index (χ3n) is 3.41. The van der Waals surface area contributed by atoms with Crippen molar-refractivity contribution in [3.05, 3.63) is 42.2 Å². The Morgan fingerprint density at radius 1 is 1.00 bits per heavy atom. The van der Waals surface area contributed by atoms with Crippen molar-refractivity contribution >= 4 is 16.7 Å². The van der Waals surface area contributed by atoms with E-state index < -0.39 is 0 Å². The second-order valence-corrected chi connectivity index (χ2v) is 5.34. The van der Waals surface area contributed by atoms with Crippen LogP contribution in [0.15, 0.2) is 36.4 Å². The molecule has 0 radical (unpaired) electrons. The number of allylic oxidation sites excluding steroid dienone is 2. The third-order valence-corrected chi connectivity index (χ3v) is 3.41. The molecule has 5 heteroatoms. The maximum atomic E-state index is 4.63. The Kier molecular flexibility index (Phi) is 15.2. The Balaban J connectivity index is 0.000000920. The highest BCUT2D eigenvalue weighted by molar-refractivity contribution is 5.88. The third kappa shape index (κ3) is 9.49. The molecular formula is C21H37N5. The molecule has 0 bridgehead atoms. The molecule has 1 aromatic carbocycles. The molecular weight excluding hydrogens is 322 g/mol. The normalized spacial score (nSPS) is 10.1. The summed E-state index contributed by atoms with van der Waals surface area (Å²) in [4.78, 5) is 9.22. The summed E-state index contributed by atoms with van der Waals surface area (Å²) in [6.45, 7) is 13.6. The van der Waals surface area contributed by atoms with E-state index >= 15 is 0 Å². The molecule has 0 spiro atoms. The topological polar surface area (TPSA) is 61.9 Å². The minimum atomic E-state index is 0.701. The van der Waals surface area contributed by atoms with Gasteiger partial charge in [-0.05, 0) is 52.5 Å². The first-order chi connectivity index (χ1) is 12.8. The van der Waals surface area contributed by atoms with Crippen molar-refractivity contribution in [1.29, 1.82) is 0 Å². The van der Waals surface area contributed by atoms with E-state index in [0.29, 0.717) is 6.54 Å². The number of anilines is 1. The largest absolute Gasteiger partial charge is 0.369 e. The molecule has 0 aliphatic carbocycles. The molecule has 0 aliphatic heterocycles. The highest BCUT2D eigenvalue weighted by atomic mass is 15.1. The van der Waals surface area contributed by atoms with Crippen molar-refractivity contribution < 1.29 is 0 Å². The number of nitrogens with one attached hydrogen (secondary N) is 3. The van der Waals surface area contributed by atoms with E-state index in [2.05, 4.69) is 38.9 Å². The van der Waals surface area contributed by atoms with Crippen molar-refractivity contribution in [2.75, 3.05) is 32.0 Å². The van der Waals surface area contributed by atoms with E-state index in [1.165, 1.54) is 0 Å². The zero-order valence-corrected chi connectivity index (χ0v) is 17.4. The van der Waals surface area contributed by atoms with Gasteiger partial charge in [-0.25, -0.2) is 9.97 Å². The zero-order valence-electron chi connectivity index (χ0n) is 17.4. The van der Waals surface area contributed by atoms with Gasteiger partial charge in [-0.1, -0.05) is 45.1 Å². The lowest BCUT2D eigenvalue weighted by Gasteiger charge is -2.11. The zero-order chi connectivity index (χ0) is 19.6. The highest BCUT2D eigenvalue weighted by Gasteiger charge is 2.06. The summed E-state index contributed by atoms with van der Waals surface area (Å²) >= 11 is 0. The van der Waals surface area contributed by atoms with E-state index in [1.807, 2.05) is 65.1 Å². The Morgan fingerprint density at radius 2 is 1.69 bits per heavy atom. The molecule has 0 unspecified atom stereocenters. The number of hydrogen-bond donors (Lipinski definition) is 3. The van der Waals surface area contributed by atoms with Gasteiger partial charge in [0.05, 0.1) is 12.1 Å². The minimum absolute atomic E-state index is 0.701. The van der Waals surface area contributed by atoms with E-state index in [9.17, 15) is 0 Å². The van der Waals surface area contributed by atoms with Gasteiger partial charge in [-0.15, -0.1) is 0 Å². The monoisotopic (exact) mass is 359 g/mol. The van der Waals surface area contributed by atoms with E-state index in [-0.39, 0.29) is 0 Å². The number of para-hydroxylation sites is 1. The lowest BCUT2D eigenvalue weighted by molar-refractivity contribution is 0.693. The Morgan fingerprint density at radius 3 is 2.31 bits per heavy atom. The predicted octanol–water partition coefficient (Wildman–Crippen LogP) is 4.37. The van der Waals surface area contributed by atoms with Crippen LogP contribution in [0.3, 0.4) is 0 Å². The van der Waals surface area contributed by atoms with Crippen molar-refractivity contribution in [1.82, 2.24) is 20.6 Å². The van der Waals surface area contributed by atoms with Crippen LogP contribution >= 0.6 is 0 Å². The summed E-state index contributed by atoms with van der Waals surface area (Å²) < 4.78 is 0. The standard InChI is InChI=1S/C15H23N5.C4H8.C2H6/c1-3-17-11-14-19-13-8-5-4-7-12(13)15(20-14)18-10-6-9-16-2;1-3-4-2;1-2/h4-5,7-8,16-17H,3,6,9-11H2,1-2H3,(H,18,19,20);3-4H,1-2H3;1-2H3/b;4-3-;. The second kappa shape index (κ2) is 16.5. The quantitative estimate of drug-likeness (QED) is 0.482. The van der Waals surface area contributed by atoms with Gasteiger partial charge >= 0.3 is 0 Å². The first kappa shape index (κ1) is 24.0. The molecule has 1 aromatic heterocycles. The number of benzene rings is 1. The molecule has 0 saturated carbocycles. The molecule has 1 heterocycles. The Hall–Kier alpha value is -1.98. The first-order valence-corrected chi connectivity index (χ1v) is 9.68. The lowest BCUT2D eigenvalue weighted by Crippen LogP contribution is -2.17. The minimum Gasteiger partial charge on any atom is -0.369 e. The fraction of sp³-hybridized carbons (Fsp3) is 0.524. The van der Waals surface area contributed by atoms with Gasteiger partial charge in [0, 0.05) is 11.9 Å². The summed E-state index contributed by atoms with van der Waals surface area (Å²) in [5.41, 5.74) is 0.992. The van der Waals surface area contributed by atoms with Crippen LogP contribution in [0.25, 0.3) is 10.9 Å². The van der Waals surface area contributed by atoms with Crippen LogP contribution in [0.1, 0.15) is 46.9 Å². The van der Waals surface area contributed by atoms with E-state index in [4.69, 9.17) is 0 Å². The Labute approximate surface area is 159 Å². The van der Waals surface area contributed by atoms with Crippen molar-refractivity contribution in [2.45, 2.75) is 47.6 Å². The molecule has 0 amide bonds. The fourth-order valence-electron chi connectivity index (χ4n) is 2.05. The van der Waals surface area contributed by atoms with Gasteiger partial charge in [-0.3, -0.25) is 0 Å². The van der Waals surface area contributed by atoms with Crippen LogP contribution in [-0.4, -0.2) is 36.6 Å². The molecule has 146 valence electrons. The second-order valence-electron chi connectivity index (χ2n) is 5.34. The maximum Gasteiger partial charge on any atom is 0.145 e. The number of rotatable bonds is 8. The summed E-state index contributed by atoms with van der Waals surface area (Å²) in [6.07, 6.45) is 5.07. The average Bonchev–Trinajstić information content (AvgIpc) is 2.71. The number of fused-ring (bicyclic) bond motifs is 1. The van der Waals surface area contributed by atoms with Gasteiger partial charge in [-0.2, -0.15) is 0 Å². The van der Waals surface area contributed by atoms with Crippen LogP contribution in [0.4, 0.5) is 5.82 Å². The van der Waals surface area contributed by atoms with Crippen molar-refractivity contribution in [2.24, 2.45) is 0 Å². The molecule has 26 heavy (non-hydrogen) atoms. The molecule has 0 saturated heterocycles. The predicted molar refractivity (Wildman–Crippen MR) is 116 cm³/mol. The molecule has 2 aromatic rings. The molecule has 3 N–H and O–H groups in total. The van der Waals surface area contributed by atoms with E-state index in [1.54, 1.807) is 0 Å². The Bertz CT molecular complexity index is 606. The number of nitrogens with zero attached hydrogens (tertiary/aromatic N) is 2. The van der Waals surface area contributed by atoms with Gasteiger partial charge in [0.1, 0.15) is 11.6 Å². The summed E-state index contributed by atoms with van der Waals surface area (Å²) in [5.74, 6) is 1.77. The molecule has 5 nitrogen and oxygen atoms in total. The number of aromatic nitrogens is 2. The smallest absolute Gasteiger partial charge is 0.145 e. The molecule has 2 rings (SSSR count). The lowest BCUT2D eigenvalue weighted by atomic mass is 10.2.